The number of ether oxygens (including phenoxy) is 1. The van der Waals surface area contributed by atoms with E-state index in [1.165, 1.54) is 18.5 Å². The van der Waals surface area contributed by atoms with Gasteiger partial charge in [0.1, 0.15) is 6.33 Å². The van der Waals surface area contributed by atoms with Crippen LogP contribution in [0, 0.1) is 0 Å². The average Bonchev–Trinajstić information content (AvgIpc) is 2.91. The molecule has 106 valence electrons. The molecule has 1 aliphatic rings. The van der Waals surface area contributed by atoms with Crippen molar-refractivity contribution in [2.45, 2.75) is 32.6 Å². The molecule has 1 N–H and O–H groups in total. The SMILES string of the molecule is CCNc1nc(OC)nc(-n2cnc3c2CCCC3)n1. The maximum atomic E-state index is 5.15. The number of nitrogens with one attached hydrogen (secondary N) is 1. The zero-order chi connectivity index (χ0) is 13.9. The summed E-state index contributed by atoms with van der Waals surface area (Å²) in [6.45, 7) is 2.74. The van der Waals surface area contributed by atoms with Gasteiger partial charge in [-0.1, -0.05) is 0 Å². The Morgan fingerprint density at radius 2 is 2.10 bits per heavy atom. The maximum absolute atomic E-state index is 5.15. The molecule has 0 atom stereocenters. The predicted molar refractivity (Wildman–Crippen MR) is 74.3 cm³/mol. The summed E-state index contributed by atoms with van der Waals surface area (Å²) >= 11 is 0. The van der Waals surface area contributed by atoms with E-state index < -0.39 is 0 Å². The summed E-state index contributed by atoms with van der Waals surface area (Å²) < 4.78 is 7.09. The molecule has 7 heteroatoms. The molecular formula is C13H18N6O. The second kappa shape index (κ2) is 5.44. The van der Waals surface area contributed by atoms with Gasteiger partial charge in [0, 0.05) is 12.2 Å². The number of anilines is 1. The fraction of sp³-hybridized carbons (Fsp3) is 0.538. The van der Waals surface area contributed by atoms with Gasteiger partial charge in [0.05, 0.1) is 12.8 Å². The van der Waals surface area contributed by atoms with Gasteiger partial charge in [0.15, 0.2) is 0 Å². The minimum Gasteiger partial charge on any atom is -0.467 e. The van der Waals surface area contributed by atoms with Gasteiger partial charge in [-0.2, -0.15) is 15.0 Å². The largest absolute Gasteiger partial charge is 0.467 e. The number of aryl methyl sites for hydroxylation is 1. The number of hydrogen-bond donors (Lipinski definition) is 1. The number of hydrogen-bond acceptors (Lipinski definition) is 6. The molecule has 2 aromatic heterocycles. The minimum atomic E-state index is 0.309. The highest BCUT2D eigenvalue weighted by Gasteiger charge is 2.18. The van der Waals surface area contributed by atoms with Gasteiger partial charge in [-0.25, -0.2) is 4.98 Å². The Kier molecular flexibility index (Phi) is 3.49. The van der Waals surface area contributed by atoms with Crippen molar-refractivity contribution in [3.63, 3.8) is 0 Å². The van der Waals surface area contributed by atoms with E-state index in [2.05, 4.69) is 25.3 Å². The highest BCUT2D eigenvalue weighted by atomic mass is 16.5. The monoisotopic (exact) mass is 274 g/mol. The van der Waals surface area contributed by atoms with Crippen molar-refractivity contribution < 1.29 is 4.74 Å². The lowest BCUT2D eigenvalue weighted by molar-refractivity contribution is 0.378. The Balaban J connectivity index is 2.04. The highest BCUT2D eigenvalue weighted by molar-refractivity contribution is 5.33. The molecular weight excluding hydrogens is 256 g/mol. The second-order valence-electron chi connectivity index (χ2n) is 4.69. The molecule has 0 amide bonds. The van der Waals surface area contributed by atoms with Gasteiger partial charge in [0.25, 0.3) is 0 Å². The van der Waals surface area contributed by atoms with Crippen LogP contribution in [0.2, 0.25) is 0 Å². The molecule has 0 radical (unpaired) electrons. The van der Waals surface area contributed by atoms with Crippen molar-refractivity contribution in [3.8, 4) is 12.0 Å². The Bertz CT molecular complexity index is 609. The zero-order valence-electron chi connectivity index (χ0n) is 11.8. The Morgan fingerprint density at radius 3 is 2.90 bits per heavy atom. The van der Waals surface area contributed by atoms with Gasteiger partial charge in [-0.15, -0.1) is 0 Å². The van der Waals surface area contributed by atoms with Gasteiger partial charge < -0.3 is 10.1 Å². The molecule has 0 unspecified atom stereocenters. The zero-order valence-corrected chi connectivity index (χ0v) is 11.8. The molecule has 0 aliphatic heterocycles. The van der Waals surface area contributed by atoms with E-state index in [0.29, 0.717) is 17.9 Å². The number of rotatable bonds is 4. The number of aromatic nitrogens is 5. The highest BCUT2D eigenvalue weighted by Crippen LogP contribution is 2.22. The first kappa shape index (κ1) is 12.8. The van der Waals surface area contributed by atoms with Crippen LogP contribution in [-0.4, -0.2) is 38.2 Å². The van der Waals surface area contributed by atoms with E-state index in [0.717, 1.165) is 25.1 Å². The summed E-state index contributed by atoms with van der Waals surface area (Å²) in [7, 11) is 1.55. The van der Waals surface area contributed by atoms with E-state index in [-0.39, 0.29) is 0 Å². The second-order valence-corrected chi connectivity index (χ2v) is 4.69. The van der Waals surface area contributed by atoms with Crippen LogP contribution in [0.3, 0.4) is 0 Å². The van der Waals surface area contributed by atoms with Gasteiger partial charge in [0.2, 0.25) is 11.9 Å². The molecule has 20 heavy (non-hydrogen) atoms. The maximum Gasteiger partial charge on any atom is 0.322 e. The van der Waals surface area contributed by atoms with Crippen LogP contribution < -0.4 is 10.1 Å². The van der Waals surface area contributed by atoms with Gasteiger partial charge in [-0.3, -0.25) is 4.57 Å². The van der Waals surface area contributed by atoms with E-state index in [4.69, 9.17) is 4.74 Å². The summed E-state index contributed by atoms with van der Waals surface area (Å²) in [5, 5.41) is 3.09. The summed E-state index contributed by atoms with van der Waals surface area (Å²) in [6.07, 6.45) is 6.22. The van der Waals surface area contributed by atoms with E-state index in [9.17, 15) is 0 Å². The first-order valence-electron chi connectivity index (χ1n) is 6.91. The molecule has 0 saturated carbocycles. The lowest BCUT2D eigenvalue weighted by Gasteiger charge is -2.13. The van der Waals surface area contributed by atoms with Crippen LogP contribution in [0.15, 0.2) is 6.33 Å². The van der Waals surface area contributed by atoms with Crippen molar-refractivity contribution in [2.75, 3.05) is 19.0 Å². The number of methoxy groups -OCH3 is 1. The summed E-state index contributed by atoms with van der Waals surface area (Å²) in [5.41, 5.74) is 2.35. The van der Waals surface area contributed by atoms with Crippen LogP contribution >= 0.6 is 0 Å². The molecule has 0 spiro atoms. The average molecular weight is 274 g/mol. The van der Waals surface area contributed by atoms with Gasteiger partial charge in [-0.05, 0) is 32.6 Å². The Labute approximate surface area is 117 Å². The Hall–Kier alpha value is -2.18. The molecule has 3 rings (SSSR count). The first-order chi connectivity index (χ1) is 9.81. The van der Waals surface area contributed by atoms with E-state index >= 15 is 0 Å². The topological polar surface area (TPSA) is 77.8 Å². The van der Waals surface area contributed by atoms with Crippen LogP contribution in [-0.2, 0) is 12.8 Å². The van der Waals surface area contributed by atoms with Crippen LogP contribution in [0.25, 0.3) is 5.95 Å². The smallest absolute Gasteiger partial charge is 0.322 e. The molecule has 0 fully saturated rings. The van der Waals surface area contributed by atoms with Crippen molar-refractivity contribution in [1.82, 2.24) is 24.5 Å². The third-order valence-corrected chi connectivity index (χ3v) is 3.37. The molecule has 2 aromatic rings. The molecule has 7 nitrogen and oxygen atoms in total. The first-order valence-corrected chi connectivity index (χ1v) is 6.91. The fourth-order valence-electron chi connectivity index (χ4n) is 2.42. The molecule has 0 aromatic carbocycles. The van der Waals surface area contributed by atoms with Crippen LogP contribution in [0.1, 0.15) is 31.2 Å². The normalized spacial score (nSPS) is 13.9. The summed E-state index contributed by atoms with van der Waals surface area (Å²) in [4.78, 5) is 17.4. The quantitative estimate of drug-likeness (QED) is 0.907. The Morgan fingerprint density at radius 1 is 1.25 bits per heavy atom. The third kappa shape index (κ3) is 2.31. The summed E-state index contributed by atoms with van der Waals surface area (Å²) in [5.74, 6) is 1.08. The lowest BCUT2D eigenvalue weighted by atomic mass is 10.0. The van der Waals surface area contributed by atoms with Crippen molar-refractivity contribution in [3.05, 3.63) is 17.7 Å². The lowest BCUT2D eigenvalue weighted by Crippen LogP contribution is -2.12. The fourth-order valence-corrected chi connectivity index (χ4v) is 2.42. The number of imidazole rings is 1. The molecule has 1 aliphatic carbocycles. The number of fused-ring (bicyclic) bond motifs is 1. The van der Waals surface area contributed by atoms with Crippen molar-refractivity contribution >= 4 is 5.95 Å². The van der Waals surface area contributed by atoms with E-state index in [1.807, 2.05) is 11.5 Å². The molecule has 0 saturated heterocycles. The standard InChI is InChI=1S/C13H18N6O/c1-3-14-11-16-12(18-13(17-11)20-2)19-8-15-9-6-4-5-7-10(9)19/h8H,3-7H2,1-2H3,(H,14,16,17,18). The van der Waals surface area contributed by atoms with Crippen LogP contribution in [0.4, 0.5) is 5.95 Å². The predicted octanol–water partition coefficient (Wildman–Crippen LogP) is 1.38. The van der Waals surface area contributed by atoms with E-state index in [1.54, 1.807) is 13.4 Å². The number of nitrogens with zero attached hydrogens (tertiary/aromatic N) is 5. The minimum absolute atomic E-state index is 0.309. The third-order valence-electron chi connectivity index (χ3n) is 3.37. The summed E-state index contributed by atoms with van der Waals surface area (Å²) in [6, 6.07) is 0.309. The molecule has 2 heterocycles. The van der Waals surface area contributed by atoms with Crippen molar-refractivity contribution in [1.29, 1.82) is 0 Å². The van der Waals surface area contributed by atoms with Crippen molar-refractivity contribution in [2.24, 2.45) is 0 Å². The van der Waals surface area contributed by atoms with Crippen LogP contribution in [0.5, 0.6) is 6.01 Å². The molecule has 0 bridgehead atoms. The van der Waals surface area contributed by atoms with Gasteiger partial charge >= 0.3 is 6.01 Å².